The van der Waals surface area contributed by atoms with Gasteiger partial charge in [-0.3, -0.25) is 9.59 Å². The molecule has 148 valence electrons. The Morgan fingerprint density at radius 2 is 1.93 bits per heavy atom. The van der Waals surface area contributed by atoms with Gasteiger partial charge in [0.25, 0.3) is 5.91 Å². The highest BCUT2D eigenvalue weighted by Gasteiger charge is 2.42. The zero-order chi connectivity index (χ0) is 19.2. The molecular weight excluding hydrogens is 346 g/mol. The standard InChI is InChI=1S/C20H29N3O4/c1-2-13-27-17-5-3-15(4-6-17)23-19(25)14-18(20(23)26)21-9-12-22-10-7-16(24)8-11-22/h3-6,16,18,21,24H,2,7-14H2,1H3/p+2/t18-/m1/s1. The van der Waals surface area contributed by atoms with Gasteiger partial charge in [-0.25, -0.2) is 4.90 Å². The fraction of sp³-hybridized carbons (Fsp3) is 0.600. The van der Waals surface area contributed by atoms with Crippen LogP contribution in [0.3, 0.4) is 0 Å². The van der Waals surface area contributed by atoms with Gasteiger partial charge in [-0.15, -0.1) is 0 Å². The van der Waals surface area contributed by atoms with Gasteiger partial charge in [0, 0.05) is 12.8 Å². The van der Waals surface area contributed by atoms with Crippen molar-refractivity contribution in [3.05, 3.63) is 24.3 Å². The molecule has 0 unspecified atom stereocenters. The summed E-state index contributed by atoms with van der Waals surface area (Å²) < 4.78 is 5.55. The molecule has 1 atom stereocenters. The maximum atomic E-state index is 12.7. The molecule has 2 fully saturated rings. The summed E-state index contributed by atoms with van der Waals surface area (Å²) in [6.07, 6.45) is 2.73. The Morgan fingerprint density at radius 1 is 1.22 bits per heavy atom. The molecule has 2 aliphatic heterocycles. The first kappa shape index (κ1) is 19.8. The molecule has 2 aliphatic rings. The van der Waals surface area contributed by atoms with Crippen LogP contribution in [0.1, 0.15) is 32.6 Å². The third-order valence-corrected chi connectivity index (χ3v) is 5.36. The minimum atomic E-state index is -0.330. The van der Waals surface area contributed by atoms with Gasteiger partial charge in [-0.2, -0.15) is 0 Å². The fourth-order valence-electron chi connectivity index (χ4n) is 3.77. The van der Waals surface area contributed by atoms with Gasteiger partial charge in [0.05, 0.1) is 37.9 Å². The van der Waals surface area contributed by atoms with Gasteiger partial charge < -0.3 is 20.1 Å². The number of carbonyl (C=O) groups is 2. The molecule has 2 saturated heterocycles. The second-order valence-corrected chi connectivity index (χ2v) is 7.48. The summed E-state index contributed by atoms with van der Waals surface area (Å²) in [7, 11) is 0. The lowest BCUT2D eigenvalue weighted by molar-refractivity contribution is -0.918. The van der Waals surface area contributed by atoms with E-state index in [0.717, 1.165) is 51.2 Å². The number of rotatable bonds is 8. The van der Waals surface area contributed by atoms with E-state index in [1.54, 1.807) is 24.3 Å². The summed E-state index contributed by atoms with van der Waals surface area (Å²) in [6, 6.07) is 6.81. The molecule has 2 amide bonds. The summed E-state index contributed by atoms with van der Waals surface area (Å²) in [4.78, 5) is 27.8. The number of ether oxygens (including phenoxy) is 1. The average Bonchev–Trinajstić information content (AvgIpc) is 2.96. The number of nitrogens with one attached hydrogen (secondary N) is 1. The van der Waals surface area contributed by atoms with Crippen LogP contribution in [0.2, 0.25) is 0 Å². The minimum absolute atomic E-state index is 0.133. The molecule has 0 aliphatic carbocycles. The predicted octanol–water partition coefficient (Wildman–Crippen LogP) is -1.29. The third kappa shape index (κ3) is 5.06. The first-order chi connectivity index (χ1) is 13.1. The van der Waals surface area contributed by atoms with Gasteiger partial charge in [0.15, 0.2) is 6.04 Å². The second kappa shape index (κ2) is 9.30. The largest absolute Gasteiger partial charge is 0.494 e. The summed E-state index contributed by atoms with van der Waals surface area (Å²) >= 11 is 0. The highest BCUT2D eigenvalue weighted by molar-refractivity contribution is 6.21. The predicted molar refractivity (Wildman–Crippen MR) is 101 cm³/mol. The normalized spacial score (nSPS) is 25.9. The zero-order valence-electron chi connectivity index (χ0n) is 16.0. The average molecular weight is 377 g/mol. The number of benzene rings is 1. The van der Waals surface area contributed by atoms with Crippen LogP contribution in [0, 0.1) is 0 Å². The first-order valence-electron chi connectivity index (χ1n) is 10.0. The van der Waals surface area contributed by atoms with Crippen molar-refractivity contribution >= 4 is 17.5 Å². The lowest BCUT2D eigenvalue weighted by atomic mass is 10.1. The van der Waals surface area contributed by atoms with Gasteiger partial charge in [-0.05, 0) is 30.7 Å². The number of piperidine rings is 1. The van der Waals surface area contributed by atoms with Gasteiger partial charge in [0.1, 0.15) is 18.8 Å². The first-order valence-corrected chi connectivity index (χ1v) is 10.0. The number of hydrogen-bond acceptors (Lipinski definition) is 4. The topological polar surface area (TPSA) is 87.9 Å². The molecule has 7 heteroatoms. The number of aliphatic hydroxyl groups excluding tert-OH is 1. The Bertz CT molecular complexity index is 641. The summed E-state index contributed by atoms with van der Waals surface area (Å²) in [5.41, 5.74) is 0.611. The number of anilines is 1. The molecule has 3 rings (SSSR count). The van der Waals surface area contributed by atoms with Crippen LogP contribution in [0.15, 0.2) is 24.3 Å². The van der Waals surface area contributed by atoms with E-state index in [4.69, 9.17) is 4.74 Å². The number of hydrogen-bond donors (Lipinski definition) is 3. The van der Waals surface area contributed by atoms with Crippen molar-refractivity contribution in [2.75, 3.05) is 37.7 Å². The van der Waals surface area contributed by atoms with Gasteiger partial charge >= 0.3 is 0 Å². The van der Waals surface area contributed by atoms with Gasteiger partial charge in [0.2, 0.25) is 5.91 Å². The molecule has 0 aromatic heterocycles. The van der Waals surface area contributed by atoms with Crippen molar-refractivity contribution in [3.8, 4) is 5.75 Å². The molecule has 0 saturated carbocycles. The van der Waals surface area contributed by atoms with Crippen molar-refractivity contribution in [1.29, 1.82) is 0 Å². The number of likely N-dealkylation sites (tertiary alicyclic amines) is 1. The minimum Gasteiger partial charge on any atom is -0.494 e. The van der Waals surface area contributed by atoms with Crippen molar-refractivity contribution < 1.29 is 29.6 Å². The van der Waals surface area contributed by atoms with E-state index >= 15 is 0 Å². The van der Waals surface area contributed by atoms with Crippen molar-refractivity contribution in [1.82, 2.24) is 0 Å². The highest BCUT2D eigenvalue weighted by atomic mass is 16.5. The Balaban J connectivity index is 1.50. The number of aliphatic hydroxyl groups is 1. The Morgan fingerprint density at radius 3 is 2.59 bits per heavy atom. The van der Waals surface area contributed by atoms with Crippen LogP contribution in [0.5, 0.6) is 5.75 Å². The van der Waals surface area contributed by atoms with E-state index in [-0.39, 0.29) is 30.4 Å². The third-order valence-electron chi connectivity index (χ3n) is 5.36. The van der Waals surface area contributed by atoms with Crippen LogP contribution in [-0.4, -0.2) is 61.9 Å². The van der Waals surface area contributed by atoms with Crippen LogP contribution < -0.4 is 19.9 Å². The fourth-order valence-corrected chi connectivity index (χ4v) is 3.77. The lowest BCUT2D eigenvalue weighted by Gasteiger charge is -2.26. The molecule has 7 nitrogen and oxygen atoms in total. The Labute approximate surface area is 160 Å². The van der Waals surface area contributed by atoms with Crippen LogP contribution in [-0.2, 0) is 9.59 Å². The molecule has 2 heterocycles. The molecule has 0 bridgehead atoms. The molecule has 4 N–H and O–H groups in total. The van der Waals surface area contributed by atoms with Crippen molar-refractivity contribution in [2.45, 2.75) is 44.8 Å². The van der Waals surface area contributed by atoms with Crippen LogP contribution in [0.4, 0.5) is 5.69 Å². The highest BCUT2D eigenvalue weighted by Crippen LogP contribution is 2.24. The Kier molecular flexibility index (Phi) is 6.82. The molecule has 1 aromatic rings. The monoisotopic (exact) mass is 377 g/mol. The number of amides is 2. The number of carbonyl (C=O) groups excluding carboxylic acids is 2. The number of imide groups is 1. The number of quaternary nitrogens is 2. The van der Waals surface area contributed by atoms with Crippen LogP contribution in [0.25, 0.3) is 0 Å². The van der Waals surface area contributed by atoms with E-state index in [0.29, 0.717) is 12.3 Å². The molecule has 0 spiro atoms. The Hall–Kier alpha value is -1.96. The molecule has 27 heavy (non-hydrogen) atoms. The zero-order valence-corrected chi connectivity index (χ0v) is 16.0. The van der Waals surface area contributed by atoms with E-state index in [1.807, 2.05) is 12.2 Å². The van der Waals surface area contributed by atoms with Gasteiger partial charge in [-0.1, -0.05) is 6.92 Å². The van der Waals surface area contributed by atoms with Crippen LogP contribution >= 0.6 is 0 Å². The maximum Gasteiger partial charge on any atom is 0.292 e. The SMILES string of the molecule is CCCOc1ccc(N2C(=O)C[C@@H]([NH2+]CC[NH+]3CCC(O)CC3)C2=O)cc1. The second-order valence-electron chi connectivity index (χ2n) is 7.48. The molecule has 1 aromatic carbocycles. The van der Waals surface area contributed by atoms with E-state index in [9.17, 15) is 14.7 Å². The molecular formula is C20H31N3O4+2. The summed E-state index contributed by atoms with van der Waals surface area (Å²) in [5, 5.41) is 11.6. The quantitative estimate of drug-likeness (QED) is 0.492. The molecule has 0 radical (unpaired) electrons. The summed E-state index contributed by atoms with van der Waals surface area (Å²) in [5.74, 6) is 0.473. The lowest BCUT2D eigenvalue weighted by Crippen LogP contribution is -3.16. The van der Waals surface area contributed by atoms with Crippen molar-refractivity contribution in [3.63, 3.8) is 0 Å². The van der Waals surface area contributed by atoms with E-state index < -0.39 is 0 Å². The van der Waals surface area contributed by atoms with E-state index in [1.165, 1.54) is 9.80 Å². The number of nitrogens with zero attached hydrogens (tertiary/aromatic N) is 1. The summed E-state index contributed by atoms with van der Waals surface area (Å²) in [6.45, 7) is 6.41. The smallest absolute Gasteiger partial charge is 0.292 e. The maximum absolute atomic E-state index is 12.7. The van der Waals surface area contributed by atoms with E-state index in [2.05, 4.69) is 0 Å². The van der Waals surface area contributed by atoms with Crippen molar-refractivity contribution in [2.24, 2.45) is 0 Å². The number of nitrogens with two attached hydrogens (primary N) is 1.